The summed E-state index contributed by atoms with van der Waals surface area (Å²) in [5.74, 6) is -0.134. The highest BCUT2D eigenvalue weighted by Crippen LogP contribution is 1.69. The molecule has 1 amide bonds. The van der Waals surface area contributed by atoms with Gasteiger partial charge in [0.2, 0.25) is 5.91 Å². The molecule has 0 aromatic rings. The smallest absolute Gasteiger partial charge is 0.244 e. The Bertz CT molecular complexity index is 118. The van der Waals surface area contributed by atoms with Crippen LogP contribution in [-0.4, -0.2) is 18.3 Å². The number of amides is 1. The summed E-state index contributed by atoms with van der Waals surface area (Å²) in [4.78, 5) is 13.4. The highest BCUT2D eigenvalue weighted by molar-refractivity contribution is 5.93. The van der Waals surface area contributed by atoms with E-state index in [2.05, 4.69) is 4.99 Å². The molecule has 8 heavy (non-hydrogen) atoms. The summed E-state index contributed by atoms with van der Waals surface area (Å²) in [5.41, 5.74) is 10.1. The molecule has 0 aliphatic carbocycles. The highest BCUT2D eigenvalue weighted by Gasteiger charge is 1.87. The van der Waals surface area contributed by atoms with E-state index in [1.807, 2.05) is 0 Å². The minimum atomic E-state index is -0.312. The molecular formula is C4H9N3O. The monoisotopic (exact) mass is 115 g/mol. The first kappa shape index (κ1) is 7.10. The maximum Gasteiger partial charge on any atom is 0.244 e. The Morgan fingerprint density at radius 1 is 1.75 bits per heavy atom. The molecule has 0 aromatic carbocycles. The van der Waals surface area contributed by atoms with Gasteiger partial charge in [0.25, 0.3) is 0 Å². The molecule has 0 fully saturated rings. The molecule has 46 valence electrons. The molecule has 4 nitrogen and oxygen atoms in total. The molecule has 0 aliphatic heterocycles. The summed E-state index contributed by atoms with van der Waals surface area (Å²) in [5, 5.41) is 0. The van der Waals surface area contributed by atoms with Gasteiger partial charge in [-0.3, -0.25) is 4.79 Å². The fourth-order valence-corrected chi connectivity index (χ4v) is 0.248. The second-order valence-corrected chi connectivity index (χ2v) is 1.33. The number of aliphatic imine (C=N–C) groups is 1. The average Bonchev–Trinajstić information content (AvgIpc) is 1.65. The second kappa shape index (κ2) is 3.15. The minimum Gasteiger partial charge on any atom is -0.386 e. The van der Waals surface area contributed by atoms with Crippen LogP contribution in [0.5, 0.6) is 0 Å². The first-order valence-corrected chi connectivity index (χ1v) is 2.20. The normalized spacial score (nSPS) is 11.5. The van der Waals surface area contributed by atoms with Crippen LogP contribution in [0.4, 0.5) is 0 Å². The Balaban J connectivity index is 3.75. The van der Waals surface area contributed by atoms with E-state index < -0.39 is 0 Å². The van der Waals surface area contributed by atoms with Gasteiger partial charge in [0, 0.05) is 6.92 Å². The third kappa shape index (κ3) is 3.30. The number of amidine groups is 1. The molecule has 0 aliphatic rings. The third-order valence-electron chi connectivity index (χ3n) is 0.510. The van der Waals surface area contributed by atoms with Gasteiger partial charge in [-0.05, 0) is 0 Å². The van der Waals surface area contributed by atoms with Crippen LogP contribution in [0.1, 0.15) is 6.92 Å². The van der Waals surface area contributed by atoms with E-state index >= 15 is 0 Å². The molecule has 0 atom stereocenters. The Hall–Kier alpha value is -0.900. The molecule has 0 saturated carbocycles. The third-order valence-corrected chi connectivity index (χ3v) is 0.510. The van der Waals surface area contributed by atoms with E-state index in [0.717, 1.165) is 0 Å². The van der Waals surface area contributed by atoms with Crippen molar-refractivity contribution in [1.29, 1.82) is 0 Å². The number of carbonyl (C=O) groups excluding carboxylic acids is 1. The summed E-state index contributed by atoms with van der Waals surface area (Å²) in [6.45, 7) is 1.46. The quantitative estimate of drug-likeness (QED) is 0.334. The summed E-state index contributed by atoms with van der Waals surface area (Å²) >= 11 is 0. The zero-order chi connectivity index (χ0) is 6.57. The summed E-state index contributed by atoms with van der Waals surface area (Å²) in [6.07, 6.45) is 0. The molecule has 0 rings (SSSR count). The predicted octanol–water partition coefficient (Wildman–Crippen LogP) is -1.15. The van der Waals surface area contributed by atoms with E-state index in [1.54, 1.807) is 0 Å². The van der Waals surface area contributed by atoms with Crippen molar-refractivity contribution < 1.29 is 4.79 Å². The van der Waals surface area contributed by atoms with Gasteiger partial charge in [-0.2, -0.15) is 4.99 Å². The van der Waals surface area contributed by atoms with Gasteiger partial charge in [-0.15, -0.1) is 0 Å². The fraction of sp³-hybridized carbons (Fsp3) is 0.500. The van der Waals surface area contributed by atoms with Crippen molar-refractivity contribution in [2.75, 3.05) is 6.54 Å². The summed E-state index contributed by atoms with van der Waals surface area (Å²) in [7, 11) is 0. The van der Waals surface area contributed by atoms with Gasteiger partial charge in [0.15, 0.2) is 0 Å². The van der Waals surface area contributed by atoms with Crippen molar-refractivity contribution in [1.82, 2.24) is 0 Å². The van der Waals surface area contributed by atoms with Crippen LogP contribution in [0.25, 0.3) is 0 Å². The Morgan fingerprint density at radius 2 is 2.25 bits per heavy atom. The molecule has 0 spiro atoms. The van der Waals surface area contributed by atoms with Crippen molar-refractivity contribution in [3.05, 3.63) is 0 Å². The Labute approximate surface area is 47.6 Å². The van der Waals surface area contributed by atoms with Crippen LogP contribution in [0.3, 0.4) is 0 Å². The lowest BCUT2D eigenvalue weighted by molar-refractivity contribution is -0.115. The van der Waals surface area contributed by atoms with Crippen LogP contribution < -0.4 is 11.5 Å². The number of hydrogen-bond donors (Lipinski definition) is 2. The molecule has 0 radical (unpaired) electrons. The Kier molecular flexibility index (Phi) is 2.79. The van der Waals surface area contributed by atoms with Crippen LogP contribution in [0, 0.1) is 0 Å². The summed E-state index contributed by atoms with van der Waals surface area (Å²) < 4.78 is 0. The second-order valence-electron chi connectivity index (χ2n) is 1.33. The predicted molar refractivity (Wildman–Crippen MR) is 31.4 cm³/mol. The molecular weight excluding hydrogens is 106 g/mol. The van der Waals surface area contributed by atoms with Crippen LogP contribution in [0.2, 0.25) is 0 Å². The minimum absolute atomic E-state index is 0.138. The molecule has 0 aromatic heterocycles. The lowest BCUT2D eigenvalue weighted by Gasteiger charge is -1.88. The van der Waals surface area contributed by atoms with Crippen LogP contribution in [0.15, 0.2) is 4.99 Å². The van der Waals surface area contributed by atoms with Gasteiger partial charge < -0.3 is 11.5 Å². The van der Waals surface area contributed by atoms with Crippen LogP contribution >= 0.6 is 0 Å². The van der Waals surface area contributed by atoms with Gasteiger partial charge in [-0.1, -0.05) is 0 Å². The first-order valence-electron chi connectivity index (χ1n) is 2.20. The maximum atomic E-state index is 10.1. The van der Waals surface area contributed by atoms with Crippen molar-refractivity contribution in [2.45, 2.75) is 6.92 Å². The number of rotatable bonds is 1. The zero-order valence-corrected chi connectivity index (χ0v) is 4.72. The lowest BCUT2D eigenvalue weighted by Crippen LogP contribution is -2.23. The van der Waals surface area contributed by atoms with E-state index in [-0.39, 0.29) is 18.3 Å². The van der Waals surface area contributed by atoms with Gasteiger partial charge >= 0.3 is 0 Å². The molecule has 0 saturated heterocycles. The molecule has 0 heterocycles. The van der Waals surface area contributed by atoms with Gasteiger partial charge in [0.05, 0.1) is 6.54 Å². The molecule has 0 bridgehead atoms. The lowest BCUT2D eigenvalue weighted by atomic mass is 10.6. The molecule has 0 unspecified atom stereocenters. The average molecular weight is 115 g/mol. The van der Waals surface area contributed by atoms with Crippen molar-refractivity contribution in [3.63, 3.8) is 0 Å². The van der Waals surface area contributed by atoms with E-state index in [0.29, 0.717) is 0 Å². The number of nitrogens with two attached hydrogens (primary N) is 2. The maximum absolute atomic E-state index is 10.1. The van der Waals surface area contributed by atoms with Crippen molar-refractivity contribution >= 4 is 11.7 Å². The van der Waals surface area contributed by atoms with Crippen molar-refractivity contribution in [2.24, 2.45) is 16.5 Å². The fourth-order valence-electron chi connectivity index (χ4n) is 0.248. The van der Waals surface area contributed by atoms with Crippen LogP contribution in [-0.2, 0) is 4.79 Å². The first-order chi connectivity index (χ1) is 3.66. The molecule has 4 heteroatoms. The standard InChI is InChI=1S/C4H9N3O/c1-3(8)7-4(6)2-5/h2,5H2,1H3,(H2,6,7,8). The molecule has 4 N–H and O–H groups in total. The number of carbonyl (C=O) groups is 1. The van der Waals surface area contributed by atoms with E-state index in [4.69, 9.17) is 11.5 Å². The number of hydrogen-bond acceptors (Lipinski definition) is 2. The highest BCUT2D eigenvalue weighted by atomic mass is 16.1. The van der Waals surface area contributed by atoms with E-state index in [1.165, 1.54) is 6.92 Å². The van der Waals surface area contributed by atoms with E-state index in [9.17, 15) is 4.79 Å². The number of nitrogens with zero attached hydrogens (tertiary/aromatic N) is 1. The topological polar surface area (TPSA) is 81.5 Å². The SMILES string of the molecule is CC(=O)N=C(N)CN. The Morgan fingerprint density at radius 3 is 2.38 bits per heavy atom. The van der Waals surface area contributed by atoms with Gasteiger partial charge in [0.1, 0.15) is 5.84 Å². The van der Waals surface area contributed by atoms with Gasteiger partial charge in [-0.25, -0.2) is 0 Å². The van der Waals surface area contributed by atoms with Crippen molar-refractivity contribution in [3.8, 4) is 0 Å². The largest absolute Gasteiger partial charge is 0.386 e. The summed E-state index contributed by atoms with van der Waals surface area (Å²) in [6, 6.07) is 0. The zero-order valence-electron chi connectivity index (χ0n) is 4.72.